The first kappa shape index (κ1) is 13.0. The van der Waals surface area contributed by atoms with Crippen LogP contribution in [0, 0.1) is 0 Å². The molecule has 0 aliphatic carbocycles. The van der Waals surface area contributed by atoms with Gasteiger partial charge in [0.1, 0.15) is 11.5 Å². The van der Waals surface area contributed by atoms with Gasteiger partial charge < -0.3 is 4.74 Å². The normalized spacial score (nSPS) is 12.2. The zero-order chi connectivity index (χ0) is 13.0. The molecule has 0 saturated carbocycles. The van der Waals surface area contributed by atoms with Gasteiger partial charge in [0.2, 0.25) is 0 Å². The standard InChI is InChI=1S/C16H17ClO/c1-3-12(2)13-5-4-6-16(11-13)18-15-9-7-14(17)8-10-15/h4-12H,3H2,1-2H3. The predicted molar refractivity (Wildman–Crippen MR) is 76.7 cm³/mol. The minimum Gasteiger partial charge on any atom is -0.457 e. The van der Waals surface area contributed by atoms with Crippen molar-refractivity contribution in [1.82, 2.24) is 0 Å². The molecule has 0 amide bonds. The number of halogens is 1. The number of hydrogen-bond donors (Lipinski definition) is 0. The van der Waals surface area contributed by atoms with Crippen molar-refractivity contribution >= 4 is 11.6 Å². The molecule has 0 radical (unpaired) electrons. The van der Waals surface area contributed by atoms with Crippen molar-refractivity contribution in [3.8, 4) is 11.5 Å². The van der Waals surface area contributed by atoms with Crippen LogP contribution in [-0.4, -0.2) is 0 Å². The Labute approximate surface area is 113 Å². The fourth-order valence-electron chi connectivity index (χ4n) is 1.76. The number of hydrogen-bond acceptors (Lipinski definition) is 1. The summed E-state index contributed by atoms with van der Waals surface area (Å²) < 4.78 is 5.81. The lowest BCUT2D eigenvalue weighted by atomic mass is 9.99. The Morgan fingerprint density at radius 2 is 1.78 bits per heavy atom. The first-order valence-electron chi connectivity index (χ1n) is 6.22. The lowest BCUT2D eigenvalue weighted by Gasteiger charge is -2.11. The second-order valence-corrected chi connectivity index (χ2v) is 4.87. The van der Waals surface area contributed by atoms with Gasteiger partial charge in [0, 0.05) is 5.02 Å². The van der Waals surface area contributed by atoms with Crippen molar-refractivity contribution in [3.05, 3.63) is 59.1 Å². The topological polar surface area (TPSA) is 9.23 Å². The van der Waals surface area contributed by atoms with Crippen LogP contribution >= 0.6 is 11.6 Å². The molecule has 0 bridgehead atoms. The summed E-state index contributed by atoms with van der Waals surface area (Å²) in [6.45, 7) is 4.42. The Hall–Kier alpha value is -1.47. The molecule has 0 aliphatic rings. The summed E-state index contributed by atoms with van der Waals surface area (Å²) in [4.78, 5) is 0. The molecule has 2 aromatic rings. The highest BCUT2D eigenvalue weighted by Crippen LogP contribution is 2.27. The Bertz CT molecular complexity index is 505. The lowest BCUT2D eigenvalue weighted by molar-refractivity contribution is 0.481. The summed E-state index contributed by atoms with van der Waals surface area (Å²) in [7, 11) is 0. The van der Waals surface area contributed by atoms with Crippen molar-refractivity contribution in [2.24, 2.45) is 0 Å². The van der Waals surface area contributed by atoms with Crippen LogP contribution in [-0.2, 0) is 0 Å². The molecule has 0 aromatic heterocycles. The summed E-state index contributed by atoms with van der Waals surface area (Å²) in [5.74, 6) is 2.23. The van der Waals surface area contributed by atoms with Crippen LogP contribution in [0.4, 0.5) is 0 Å². The van der Waals surface area contributed by atoms with E-state index < -0.39 is 0 Å². The summed E-state index contributed by atoms with van der Waals surface area (Å²) in [5.41, 5.74) is 1.31. The maximum Gasteiger partial charge on any atom is 0.127 e. The third-order valence-electron chi connectivity index (χ3n) is 3.09. The molecule has 2 aromatic carbocycles. The van der Waals surface area contributed by atoms with Crippen LogP contribution in [0.1, 0.15) is 31.7 Å². The largest absolute Gasteiger partial charge is 0.457 e. The molecule has 0 N–H and O–H groups in total. The van der Waals surface area contributed by atoms with Gasteiger partial charge >= 0.3 is 0 Å². The molecule has 2 rings (SSSR count). The van der Waals surface area contributed by atoms with Crippen molar-refractivity contribution in [2.45, 2.75) is 26.2 Å². The highest BCUT2D eigenvalue weighted by molar-refractivity contribution is 6.30. The Morgan fingerprint density at radius 3 is 2.44 bits per heavy atom. The number of ether oxygens (including phenoxy) is 1. The van der Waals surface area contributed by atoms with Gasteiger partial charge in [-0.3, -0.25) is 0 Å². The minimum absolute atomic E-state index is 0.554. The van der Waals surface area contributed by atoms with E-state index in [9.17, 15) is 0 Å². The smallest absolute Gasteiger partial charge is 0.127 e. The Balaban J connectivity index is 2.16. The molecule has 1 unspecified atom stereocenters. The average Bonchev–Trinajstić information content (AvgIpc) is 2.41. The van der Waals surface area contributed by atoms with E-state index in [4.69, 9.17) is 16.3 Å². The second kappa shape index (κ2) is 5.92. The van der Waals surface area contributed by atoms with Crippen LogP contribution in [0.15, 0.2) is 48.5 Å². The molecule has 0 fully saturated rings. The molecule has 18 heavy (non-hydrogen) atoms. The lowest BCUT2D eigenvalue weighted by Crippen LogP contribution is -1.92. The van der Waals surface area contributed by atoms with E-state index in [1.165, 1.54) is 5.56 Å². The highest BCUT2D eigenvalue weighted by atomic mass is 35.5. The average molecular weight is 261 g/mol. The van der Waals surface area contributed by atoms with Gasteiger partial charge in [-0.2, -0.15) is 0 Å². The van der Waals surface area contributed by atoms with Gasteiger partial charge in [-0.25, -0.2) is 0 Å². The SMILES string of the molecule is CCC(C)c1cccc(Oc2ccc(Cl)cc2)c1. The van der Waals surface area contributed by atoms with E-state index in [1.807, 2.05) is 36.4 Å². The maximum absolute atomic E-state index is 5.84. The van der Waals surface area contributed by atoms with Gasteiger partial charge in [-0.05, 0) is 54.3 Å². The van der Waals surface area contributed by atoms with Crippen LogP contribution in [0.25, 0.3) is 0 Å². The fraction of sp³-hybridized carbons (Fsp3) is 0.250. The molecule has 1 nitrogen and oxygen atoms in total. The van der Waals surface area contributed by atoms with Crippen molar-refractivity contribution < 1.29 is 4.74 Å². The molecule has 94 valence electrons. The number of benzene rings is 2. The predicted octanol–water partition coefficient (Wildman–Crippen LogP) is 5.65. The molecular formula is C16H17ClO. The van der Waals surface area contributed by atoms with Crippen LogP contribution in [0.2, 0.25) is 5.02 Å². The Kier molecular flexibility index (Phi) is 4.27. The van der Waals surface area contributed by atoms with Crippen molar-refractivity contribution in [1.29, 1.82) is 0 Å². The monoisotopic (exact) mass is 260 g/mol. The molecule has 2 heteroatoms. The maximum atomic E-state index is 5.84. The van der Waals surface area contributed by atoms with E-state index >= 15 is 0 Å². The van der Waals surface area contributed by atoms with Crippen molar-refractivity contribution in [3.63, 3.8) is 0 Å². The van der Waals surface area contributed by atoms with E-state index in [2.05, 4.69) is 26.0 Å². The summed E-state index contributed by atoms with van der Waals surface area (Å²) in [6, 6.07) is 15.7. The highest BCUT2D eigenvalue weighted by Gasteiger charge is 2.04. The van der Waals surface area contributed by atoms with Gasteiger partial charge in [0.15, 0.2) is 0 Å². The van der Waals surface area contributed by atoms with E-state index in [1.54, 1.807) is 0 Å². The molecule has 0 saturated heterocycles. The van der Waals surface area contributed by atoms with Crippen LogP contribution in [0.5, 0.6) is 11.5 Å². The van der Waals surface area contributed by atoms with E-state index in [0.29, 0.717) is 5.92 Å². The molecule has 1 atom stereocenters. The minimum atomic E-state index is 0.554. The molecular weight excluding hydrogens is 244 g/mol. The quantitative estimate of drug-likeness (QED) is 0.691. The van der Waals surface area contributed by atoms with E-state index in [-0.39, 0.29) is 0 Å². The van der Waals surface area contributed by atoms with Crippen LogP contribution in [0.3, 0.4) is 0 Å². The second-order valence-electron chi connectivity index (χ2n) is 4.44. The van der Waals surface area contributed by atoms with Crippen molar-refractivity contribution in [2.75, 3.05) is 0 Å². The van der Waals surface area contributed by atoms with Gasteiger partial charge in [0.25, 0.3) is 0 Å². The third kappa shape index (κ3) is 3.27. The van der Waals surface area contributed by atoms with Crippen LogP contribution < -0.4 is 4.74 Å². The first-order chi connectivity index (χ1) is 8.69. The molecule has 0 spiro atoms. The third-order valence-corrected chi connectivity index (χ3v) is 3.34. The van der Waals surface area contributed by atoms with Gasteiger partial charge in [0.05, 0.1) is 0 Å². The molecule has 0 aliphatic heterocycles. The molecule has 0 heterocycles. The van der Waals surface area contributed by atoms with Gasteiger partial charge in [-0.1, -0.05) is 37.6 Å². The van der Waals surface area contributed by atoms with E-state index in [0.717, 1.165) is 22.9 Å². The summed E-state index contributed by atoms with van der Waals surface area (Å²) in [6.07, 6.45) is 1.13. The number of rotatable bonds is 4. The summed E-state index contributed by atoms with van der Waals surface area (Å²) in [5, 5.41) is 0.718. The summed E-state index contributed by atoms with van der Waals surface area (Å²) >= 11 is 5.84. The Morgan fingerprint density at radius 1 is 1.06 bits per heavy atom. The zero-order valence-electron chi connectivity index (χ0n) is 10.7. The van der Waals surface area contributed by atoms with Gasteiger partial charge in [-0.15, -0.1) is 0 Å². The zero-order valence-corrected chi connectivity index (χ0v) is 11.4. The fourth-order valence-corrected chi connectivity index (χ4v) is 1.88. The first-order valence-corrected chi connectivity index (χ1v) is 6.60.